The van der Waals surface area contributed by atoms with Crippen molar-refractivity contribution in [1.82, 2.24) is 29.7 Å². The van der Waals surface area contributed by atoms with Crippen LogP contribution >= 0.6 is 11.6 Å². The lowest BCUT2D eigenvalue weighted by molar-refractivity contribution is -0.140. The van der Waals surface area contributed by atoms with E-state index in [2.05, 4.69) is 15.6 Å². The van der Waals surface area contributed by atoms with Gasteiger partial charge in [-0.25, -0.2) is 4.98 Å². The van der Waals surface area contributed by atoms with Gasteiger partial charge in [0.1, 0.15) is 0 Å². The van der Waals surface area contributed by atoms with Crippen LogP contribution in [0.1, 0.15) is 65.7 Å². The van der Waals surface area contributed by atoms with Gasteiger partial charge in [0.25, 0.3) is 11.5 Å². The fourth-order valence-corrected chi connectivity index (χ4v) is 8.35. The quantitative estimate of drug-likeness (QED) is 0.127. The van der Waals surface area contributed by atoms with Gasteiger partial charge < -0.3 is 25.5 Å². The lowest BCUT2D eigenvalue weighted by atomic mass is 9.88. The lowest BCUT2D eigenvalue weighted by Gasteiger charge is -2.39. The molecule has 0 bridgehead atoms. The number of nitrogens with one attached hydrogen (secondary N) is 2. The van der Waals surface area contributed by atoms with Crippen LogP contribution in [0.2, 0.25) is 5.02 Å². The highest BCUT2D eigenvalue weighted by Gasteiger charge is 2.36. The minimum Gasteiger partial charge on any atom is -0.388 e. The number of fused-ring (bicyclic) bond motifs is 3. The van der Waals surface area contributed by atoms with Gasteiger partial charge in [0.2, 0.25) is 11.8 Å². The molecule has 298 valence electrons. The maximum absolute atomic E-state index is 14.1. The molecule has 7 rings (SSSR count). The molecule has 3 heterocycles. The Kier molecular flexibility index (Phi) is 12.3. The smallest absolute Gasteiger partial charge is 0.261 e. The van der Waals surface area contributed by atoms with Crippen LogP contribution in [0.15, 0.2) is 77.9 Å². The maximum Gasteiger partial charge on any atom is 0.261 e. The fraction of sp³-hybridized carbons (Fsp3) is 0.409. The van der Waals surface area contributed by atoms with Gasteiger partial charge in [-0.1, -0.05) is 48.0 Å². The third-order valence-corrected chi connectivity index (χ3v) is 11.7. The van der Waals surface area contributed by atoms with Crippen molar-refractivity contribution in [3.8, 4) is 0 Å². The van der Waals surface area contributed by atoms with Crippen molar-refractivity contribution < 1.29 is 19.5 Å². The number of carbonyl (C=O) groups is 3. The molecule has 1 fully saturated rings. The molecular weight excluding hydrogens is 742 g/mol. The van der Waals surface area contributed by atoms with E-state index < -0.39 is 5.60 Å². The third kappa shape index (κ3) is 9.52. The van der Waals surface area contributed by atoms with E-state index in [0.717, 1.165) is 52.0 Å². The first-order valence-corrected chi connectivity index (χ1v) is 20.2. The van der Waals surface area contributed by atoms with Crippen LogP contribution in [0.25, 0.3) is 21.8 Å². The zero-order chi connectivity index (χ0) is 40.1. The van der Waals surface area contributed by atoms with Gasteiger partial charge in [-0.3, -0.25) is 28.7 Å². The summed E-state index contributed by atoms with van der Waals surface area (Å²) in [6.07, 6.45) is 7.03. The minimum absolute atomic E-state index is 0.0198. The molecule has 1 aliphatic carbocycles. The molecule has 13 heteroatoms. The summed E-state index contributed by atoms with van der Waals surface area (Å²) in [6.45, 7) is 1.79. The number of rotatable bonds is 14. The molecule has 57 heavy (non-hydrogen) atoms. The molecule has 1 saturated heterocycles. The predicted octanol–water partition coefficient (Wildman–Crippen LogP) is 5.40. The molecule has 0 saturated carbocycles. The molecule has 12 nitrogen and oxygen atoms in total. The van der Waals surface area contributed by atoms with E-state index in [0.29, 0.717) is 86.9 Å². The number of hydrogen-bond donors (Lipinski definition) is 3. The summed E-state index contributed by atoms with van der Waals surface area (Å²) in [6, 6.07) is 20.4. The number of carbonyl (C=O) groups excluding carboxylic acids is 3. The van der Waals surface area contributed by atoms with E-state index in [1.54, 1.807) is 30.3 Å². The molecule has 1 atom stereocenters. The number of benzene rings is 3. The van der Waals surface area contributed by atoms with Crippen LogP contribution < -0.4 is 16.2 Å². The highest BCUT2D eigenvalue weighted by molar-refractivity contribution is 6.36. The van der Waals surface area contributed by atoms with Gasteiger partial charge in [-0.15, -0.1) is 0 Å². The number of pyridine rings is 1. The van der Waals surface area contributed by atoms with Crippen molar-refractivity contribution in [2.24, 2.45) is 5.92 Å². The largest absolute Gasteiger partial charge is 0.388 e. The molecule has 0 spiro atoms. The normalized spacial score (nSPS) is 15.5. The average Bonchev–Trinajstić information content (AvgIpc) is 3.68. The van der Waals surface area contributed by atoms with E-state index in [-0.39, 0.29) is 35.7 Å². The number of aromatic nitrogens is 3. The van der Waals surface area contributed by atoms with E-state index in [9.17, 15) is 24.3 Å². The highest BCUT2D eigenvalue weighted by atomic mass is 35.5. The van der Waals surface area contributed by atoms with Gasteiger partial charge in [-0.2, -0.15) is 0 Å². The number of aliphatic hydroxyl groups is 1. The standard InChI is InChI=1S/C44H50ClN7O5/c1-50(2)21-17-39(53)48-32-14-16-35-37(26-32)47-28-52(43(35)56)27-44(57)18-22-51(23-19-44)42(55)31(24-29-8-4-3-5-9-29)10-7-20-46-41(54)30-13-15-34-38(25-30)49-36-12-6-11-33(36)40(34)45/h3-5,8-9,13-16,25-26,28,31,57H,6-7,10-12,17-24,27H2,1-2H3,(H,46,54)(H,48,53)/t31-/m1/s1. The Morgan fingerprint density at radius 1 is 0.982 bits per heavy atom. The Labute approximate surface area is 337 Å². The summed E-state index contributed by atoms with van der Waals surface area (Å²) in [5.41, 5.74) is 3.99. The molecule has 3 aromatic carbocycles. The van der Waals surface area contributed by atoms with Crippen LogP contribution in [0.4, 0.5) is 5.69 Å². The summed E-state index contributed by atoms with van der Waals surface area (Å²) in [5.74, 6) is -0.601. The molecule has 5 aromatic rings. The van der Waals surface area contributed by atoms with E-state index >= 15 is 0 Å². The van der Waals surface area contributed by atoms with Crippen LogP contribution in [0, 0.1) is 5.92 Å². The van der Waals surface area contributed by atoms with E-state index in [1.807, 2.05) is 60.3 Å². The van der Waals surface area contributed by atoms with Gasteiger partial charge in [0, 0.05) is 60.8 Å². The predicted molar refractivity (Wildman–Crippen MR) is 223 cm³/mol. The van der Waals surface area contributed by atoms with Gasteiger partial charge >= 0.3 is 0 Å². The first-order chi connectivity index (χ1) is 27.5. The molecule has 1 aliphatic heterocycles. The van der Waals surface area contributed by atoms with Crippen molar-refractivity contribution in [2.75, 3.05) is 45.6 Å². The number of amides is 3. The molecule has 3 N–H and O–H groups in total. The Hall–Kier alpha value is -5.17. The van der Waals surface area contributed by atoms with E-state index in [1.165, 1.54) is 10.9 Å². The van der Waals surface area contributed by atoms with Crippen LogP contribution in [-0.2, 0) is 35.4 Å². The van der Waals surface area contributed by atoms with Gasteiger partial charge in [-0.05, 0) is 107 Å². The SMILES string of the molecule is CN(C)CCC(=O)Nc1ccc2c(=O)n(CC3(O)CCN(C(=O)[C@H](CCCNC(=O)c4ccc5c(Cl)c6c(nc5c4)CCC6)Cc4ccccc4)CC3)cnc2c1. The minimum atomic E-state index is -1.20. The summed E-state index contributed by atoms with van der Waals surface area (Å²) < 4.78 is 1.43. The zero-order valence-electron chi connectivity index (χ0n) is 32.6. The number of halogens is 1. The zero-order valence-corrected chi connectivity index (χ0v) is 33.4. The Morgan fingerprint density at radius 3 is 2.53 bits per heavy atom. The number of hydrogen-bond acceptors (Lipinski definition) is 8. The summed E-state index contributed by atoms with van der Waals surface area (Å²) in [7, 11) is 3.81. The molecular formula is C44H50ClN7O5. The Morgan fingerprint density at radius 2 is 1.75 bits per heavy atom. The second kappa shape index (κ2) is 17.5. The average molecular weight is 792 g/mol. The molecule has 3 amide bonds. The third-order valence-electron chi connectivity index (χ3n) is 11.3. The summed E-state index contributed by atoms with van der Waals surface area (Å²) in [4.78, 5) is 66.0. The topological polar surface area (TPSA) is 150 Å². The van der Waals surface area contributed by atoms with Crippen molar-refractivity contribution in [2.45, 2.75) is 69.9 Å². The summed E-state index contributed by atoms with van der Waals surface area (Å²) >= 11 is 6.68. The molecule has 2 aromatic heterocycles. The van der Waals surface area contributed by atoms with Crippen molar-refractivity contribution in [3.05, 3.63) is 111 Å². The van der Waals surface area contributed by atoms with E-state index in [4.69, 9.17) is 16.6 Å². The number of anilines is 1. The van der Waals surface area contributed by atoms with Gasteiger partial charge in [0.05, 0.1) is 39.9 Å². The van der Waals surface area contributed by atoms with Crippen molar-refractivity contribution >= 4 is 56.8 Å². The first-order valence-electron chi connectivity index (χ1n) is 19.8. The molecule has 2 aliphatic rings. The van der Waals surface area contributed by atoms with Crippen LogP contribution in [0.5, 0.6) is 0 Å². The lowest BCUT2D eigenvalue weighted by Crippen LogP contribution is -2.51. The Balaban J connectivity index is 0.946. The second-order valence-electron chi connectivity index (χ2n) is 15.8. The molecule has 0 radical (unpaired) electrons. The first kappa shape index (κ1) is 40.0. The van der Waals surface area contributed by atoms with Gasteiger partial charge in [0.15, 0.2) is 0 Å². The van der Waals surface area contributed by atoms with Crippen molar-refractivity contribution in [1.29, 1.82) is 0 Å². The number of aryl methyl sites for hydroxylation is 1. The number of likely N-dealkylation sites (tertiary alicyclic amines) is 1. The fourth-order valence-electron chi connectivity index (χ4n) is 7.98. The van der Waals surface area contributed by atoms with Crippen LogP contribution in [0.3, 0.4) is 0 Å². The Bertz CT molecular complexity index is 2340. The highest BCUT2D eigenvalue weighted by Crippen LogP contribution is 2.34. The second-order valence-corrected chi connectivity index (χ2v) is 16.2. The molecule has 0 unspecified atom stereocenters. The number of nitrogens with zero attached hydrogens (tertiary/aromatic N) is 5. The monoisotopic (exact) mass is 791 g/mol. The number of piperidine rings is 1. The van der Waals surface area contributed by atoms with Crippen molar-refractivity contribution in [3.63, 3.8) is 0 Å². The summed E-state index contributed by atoms with van der Waals surface area (Å²) in [5, 5.41) is 19.5. The van der Waals surface area contributed by atoms with Crippen LogP contribution in [-0.4, -0.2) is 93.0 Å². The maximum atomic E-state index is 14.1.